The Morgan fingerprint density at radius 3 is 2.46 bits per heavy atom. The molecule has 8 nitrogen and oxygen atoms in total. The van der Waals surface area contributed by atoms with E-state index in [-0.39, 0.29) is 40.7 Å². The van der Waals surface area contributed by atoms with Gasteiger partial charge in [0, 0.05) is 24.2 Å². The van der Waals surface area contributed by atoms with Gasteiger partial charge in [-0.15, -0.1) is 0 Å². The molecule has 2 unspecified atom stereocenters. The van der Waals surface area contributed by atoms with Gasteiger partial charge in [-0.2, -0.15) is 5.10 Å². The first kappa shape index (κ1) is 19.1. The number of aryl methyl sites for hydroxylation is 1. The number of amides is 1. The van der Waals surface area contributed by atoms with E-state index in [1.165, 1.54) is 0 Å². The predicted molar refractivity (Wildman–Crippen MR) is 104 cm³/mol. The van der Waals surface area contributed by atoms with Crippen molar-refractivity contribution < 1.29 is 21.6 Å². The van der Waals surface area contributed by atoms with E-state index in [1.54, 1.807) is 28.9 Å². The molecule has 0 saturated carbocycles. The van der Waals surface area contributed by atoms with Gasteiger partial charge in [0.15, 0.2) is 19.7 Å². The maximum absolute atomic E-state index is 12.4. The average molecular weight is 424 g/mol. The number of anilines is 1. The van der Waals surface area contributed by atoms with Crippen LogP contribution in [0.15, 0.2) is 29.2 Å². The molecular formula is C18H21N3O5S2. The largest absolute Gasteiger partial charge is 0.311 e. The van der Waals surface area contributed by atoms with Crippen LogP contribution in [0.2, 0.25) is 0 Å². The van der Waals surface area contributed by atoms with E-state index >= 15 is 0 Å². The predicted octanol–water partition coefficient (Wildman–Crippen LogP) is 1.43. The molecule has 0 radical (unpaired) electrons. The lowest BCUT2D eigenvalue weighted by Crippen LogP contribution is -2.26. The first-order valence-electron chi connectivity index (χ1n) is 8.94. The van der Waals surface area contributed by atoms with Crippen molar-refractivity contribution in [2.24, 2.45) is 0 Å². The molecular weight excluding hydrogens is 402 g/mol. The molecule has 1 aromatic heterocycles. The van der Waals surface area contributed by atoms with E-state index < -0.39 is 19.7 Å². The number of benzene rings is 1. The first-order valence-corrected chi connectivity index (χ1v) is 12.7. The summed E-state index contributed by atoms with van der Waals surface area (Å²) in [7, 11) is -6.39. The third-order valence-electron chi connectivity index (χ3n) is 5.39. The standard InChI is InChI=1S/C18H21N3O5S2/c1-11-17-15(12-3-5-14(6-4-12)27(2,23)24)9-16(22)19-18(17)21(20-11)13-7-8-28(25,26)10-13/h3-6,13,15H,7-10H2,1-2H3,(H,19,22). The van der Waals surface area contributed by atoms with Crippen LogP contribution in [0.3, 0.4) is 0 Å². The number of aromatic nitrogens is 2. The lowest BCUT2D eigenvalue weighted by Gasteiger charge is -2.25. The van der Waals surface area contributed by atoms with E-state index in [0.29, 0.717) is 12.2 Å². The van der Waals surface area contributed by atoms with Crippen LogP contribution in [0.5, 0.6) is 0 Å². The Hall–Kier alpha value is -2.20. The summed E-state index contributed by atoms with van der Waals surface area (Å²) in [6, 6.07) is 6.24. The summed E-state index contributed by atoms with van der Waals surface area (Å²) in [4.78, 5) is 12.6. The van der Waals surface area contributed by atoms with Gasteiger partial charge in [-0.3, -0.25) is 4.79 Å². The minimum absolute atomic E-state index is 0.0180. The normalized spacial score (nSPS) is 24.0. The molecule has 1 fully saturated rings. The number of hydrogen-bond acceptors (Lipinski definition) is 6. The number of nitrogens with one attached hydrogen (secondary N) is 1. The fourth-order valence-electron chi connectivity index (χ4n) is 4.04. The second-order valence-electron chi connectivity index (χ2n) is 7.50. The van der Waals surface area contributed by atoms with Crippen LogP contribution in [0.1, 0.15) is 41.6 Å². The van der Waals surface area contributed by atoms with Gasteiger partial charge < -0.3 is 5.32 Å². The molecule has 0 aliphatic carbocycles. The second kappa shape index (κ2) is 6.41. The lowest BCUT2D eigenvalue weighted by atomic mass is 9.86. The van der Waals surface area contributed by atoms with Crippen molar-refractivity contribution in [1.82, 2.24) is 9.78 Å². The molecule has 3 heterocycles. The summed E-state index contributed by atoms with van der Waals surface area (Å²) >= 11 is 0. The summed E-state index contributed by atoms with van der Waals surface area (Å²) in [5, 5.41) is 7.41. The number of nitrogens with zero attached hydrogens (tertiary/aromatic N) is 2. The Morgan fingerprint density at radius 1 is 1.21 bits per heavy atom. The SMILES string of the molecule is Cc1nn(C2CCS(=O)(=O)C2)c2c1C(c1ccc(S(C)(=O)=O)cc1)CC(=O)N2. The van der Waals surface area contributed by atoms with Gasteiger partial charge in [0.25, 0.3) is 0 Å². The van der Waals surface area contributed by atoms with Crippen molar-refractivity contribution in [2.75, 3.05) is 23.1 Å². The molecule has 0 spiro atoms. The molecule has 2 atom stereocenters. The lowest BCUT2D eigenvalue weighted by molar-refractivity contribution is -0.116. The fraction of sp³-hybridized carbons (Fsp3) is 0.444. The van der Waals surface area contributed by atoms with Crippen LogP contribution in [-0.2, 0) is 24.5 Å². The topological polar surface area (TPSA) is 115 Å². The molecule has 2 aromatic rings. The zero-order chi connectivity index (χ0) is 20.3. The van der Waals surface area contributed by atoms with Crippen molar-refractivity contribution in [3.8, 4) is 0 Å². The highest BCUT2D eigenvalue weighted by molar-refractivity contribution is 7.91. The number of rotatable bonds is 3. The summed E-state index contributed by atoms with van der Waals surface area (Å²) < 4.78 is 48.8. The van der Waals surface area contributed by atoms with Gasteiger partial charge in [0.1, 0.15) is 5.82 Å². The van der Waals surface area contributed by atoms with Crippen molar-refractivity contribution in [1.29, 1.82) is 0 Å². The minimum atomic E-state index is -3.30. The van der Waals surface area contributed by atoms with Crippen LogP contribution in [0, 0.1) is 6.92 Å². The monoisotopic (exact) mass is 423 g/mol. The van der Waals surface area contributed by atoms with Gasteiger partial charge in [-0.05, 0) is 31.0 Å². The molecule has 0 bridgehead atoms. The summed E-state index contributed by atoms with van der Waals surface area (Å²) in [5.74, 6) is 0.253. The van der Waals surface area contributed by atoms with Crippen LogP contribution in [0.25, 0.3) is 0 Å². The van der Waals surface area contributed by atoms with Crippen molar-refractivity contribution in [3.63, 3.8) is 0 Å². The third-order valence-corrected chi connectivity index (χ3v) is 8.27. The van der Waals surface area contributed by atoms with E-state index in [2.05, 4.69) is 10.4 Å². The van der Waals surface area contributed by atoms with Crippen LogP contribution >= 0.6 is 0 Å². The van der Waals surface area contributed by atoms with Gasteiger partial charge in [-0.25, -0.2) is 21.5 Å². The average Bonchev–Trinajstić information content (AvgIpc) is 3.13. The smallest absolute Gasteiger partial charge is 0.226 e. The van der Waals surface area contributed by atoms with E-state index in [4.69, 9.17) is 0 Å². The molecule has 1 amide bonds. The van der Waals surface area contributed by atoms with E-state index in [9.17, 15) is 21.6 Å². The number of carbonyl (C=O) groups is 1. The Morgan fingerprint density at radius 2 is 1.89 bits per heavy atom. The number of sulfone groups is 2. The summed E-state index contributed by atoms with van der Waals surface area (Å²) in [5.41, 5.74) is 2.41. The molecule has 28 heavy (non-hydrogen) atoms. The highest BCUT2D eigenvalue weighted by Gasteiger charge is 2.37. The van der Waals surface area contributed by atoms with E-state index in [1.807, 2.05) is 6.92 Å². The van der Waals surface area contributed by atoms with Gasteiger partial charge >= 0.3 is 0 Å². The highest BCUT2D eigenvalue weighted by atomic mass is 32.2. The Kier molecular flexibility index (Phi) is 4.38. The van der Waals surface area contributed by atoms with Crippen molar-refractivity contribution >= 4 is 31.4 Å². The maximum atomic E-state index is 12.4. The molecule has 1 saturated heterocycles. The number of hydrogen-bond donors (Lipinski definition) is 1. The summed E-state index contributed by atoms with van der Waals surface area (Å²) in [6.07, 6.45) is 1.85. The zero-order valence-electron chi connectivity index (χ0n) is 15.5. The van der Waals surface area contributed by atoms with Crippen molar-refractivity contribution in [3.05, 3.63) is 41.1 Å². The van der Waals surface area contributed by atoms with Crippen LogP contribution in [-0.4, -0.2) is 50.3 Å². The van der Waals surface area contributed by atoms with Crippen LogP contribution in [0.4, 0.5) is 5.82 Å². The molecule has 1 N–H and O–H groups in total. The van der Waals surface area contributed by atoms with Gasteiger partial charge in [0.05, 0.1) is 28.1 Å². The number of carbonyl (C=O) groups excluding carboxylic acids is 1. The highest BCUT2D eigenvalue weighted by Crippen LogP contribution is 2.41. The fourth-order valence-corrected chi connectivity index (χ4v) is 6.36. The van der Waals surface area contributed by atoms with Gasteiger partial charge in [0.2, 0.25) is 5.91 Å². The molecule has 150 valence electrons. The summed E-state index contributed by atoms with van der Waals surface area (Å²) in [6.45, 7) is 1.84. The maximum Gasteiger partial charge on any atom is 0.226 e. The quantitative estimate of drug-likeness (QED) is 0.799. The molecule has 1 aromatic carbocycles. The van der Waals surface area contributed by atoms with E-state index in [0.717, 1.165) is 23.1 Å². The van der Waals surface area contributed by atoms with Crippen LogP contribution < -0.4 is 5.32 Å². The second-order valence-corrected chi connectivity index (χ2v) is 11.7. The first-order chi connectivity index (χ1) is 13.0. The molecule has 2 aliphatic heterocycles. The minimum Gasteiger partial charge on any atom is -0.311 e. The Labute approximate surface area is 163 Å². The Bertz CT molecular complexity index is 1160. The third kappa shape index (κ3) is 3.35. The van der Waals surface area contributed by atoms with Gasteiger partial charge in [-0.1, -0.05) is 12.1 Å². The Balaban J connectivity index is 1.77. The van der Waals surface area contributed by atoms with Crippen molar-refractivity contribution in [2.45, 2.75) is 36.6 Å². The molecule has 4 rings (SSSR count). The number of fused-ring (bicyclic) bond motifs is 1. The molecule has 10 heteroatoms. The zero-order valence-corrected chi connectivity index (χ0v) is 17.2. The molecule has 2 aliphatic rings.